The number of hydrogen-bond donors (Lipinski definition) is 1. The predicted octanol–water partition coefficient (Wildman–Crippen LogP) is 3.07. The summed E-state index contributed by atoms with van der Waals surface area (Å²) >= 11 is 5.15. The van der Waals surface area contributed by atoms with E-state index in [0.29, 0.717) is 11.8 Å². The van der Waals surface area contributed by atoms with Gasteiger partial charge in [0, 0.05) is 28.1 Å². The standard InChI is InChI=1S/C11H14BrNOS/c1-8(7-13-9(2)14)15-11-5-3-10(12)4-6-11/h3-6,8H,7H2,1-2H3,(H,13,14)/t8-/m1/s1. The Kier molecular flexibility index (Phi) is 5.19. The van der Waals surface area contributed by atoms with Gasteiger partial charge < -0.3 is 5.32 Å². The van der Waals surface area contributed by atoms with E-state index in [2.05, 4.69) is 40.3 Å². The third-order valence-electron chi connectivity index (χ3n) is 1.79. The van der Waals surface area contributed by atoms with Crippen LogP contribution in [0.2, 0.25) is 0 Å². The van der Waals surface area contributed by atoms with E-state index in [0.717, 1.165) is 4.47 Å². The first kappa shape index (κ1) is 12.6. The summed E-state index contributed by atoms with van der Waals surface area (Å²) in [6.45, 7) is 4.34. The Morgan fingerprint density at radius 2 is 2.07 bits per heavy atom. The molecule has 0 heterocycles. The van der Waals surface area contributed by atoms with Gasteiger partial charge in [0.25, 0.3) is 0 Å². The number of carbonyl (C=O) groups is 1. The highest BCUT2D eigenvalue weighted by Gasteiger charge is 2.04. The average molecular weight is 288 g/mol. The van der Waals surface area contributed by atoms with Crippen molar-refractivity contribution in [2.45, 2.75) is 24.0 Å². The molecular formula is C11H14BrNOS. The molecule has 0 aromatic heterocycles. The van der Waals surface area contributed by atoms with Gasteiger partial charge in [-0.1, -0.05) is 22.9 Å². The Morgan fingerprint density at radius 3 is 2.60 bits per heavy atom. The number of amides is 1. The quantitative estimate of drug-likeness (QED) is 0.863. The molecule has 1 rings (SSSR count). The van der Waals surface area contributed by atoms with E-state index < -0.39 is 0 Å². The first-order valence-electron chi connectivity index (χ1n) is 4.74. The number of hydrogen-bond acceptors (Lipinski definition) is 2. The van der Waals surface area contributed by atoms with E-state index >= 15 is 0 Å². The minimum atomic E-state index is 0.0262. The van der Waals surface area contributed by atoms with Crippen LogP contribution in [0, 0.1) is 0 Å². The molecule has 0 aliphatic carbocycles. The molecule has 1 amide bonds. The SMILES string of the molecule is CC(=O)NC[C@@H](C)Sc1ccc(Br)cc1. The van der Waals surface area contributed by atoms with Crippen molar-refractivity contribution in [1.82, 2.24) is 5.32 Å². The zero-order chi connectivity index (χ0) is 11.3. The maximum Gasteiger partial charge on any atom is 0.216 e. The molecule has 15 heavy (non-hydrogen) atoms. The second-order valence-corrected chi connectivity index (χ2v) is 5.75. The largest absolute Gasteiger partial charge is 0.355 e. The molecule has 0 fully saturated rings. The molecule has 4 heteroatoms. The van der Waals surface area contributed by atoms with Gasteiger partial charge in [0.15, 0.2) is 0 Å². The summed E-state index contributed by atoms with van der Waals surface area (Å²) in [4.78, 5) is 11.9. The first-order valence-corrected chi connectivity index (χ1v) is 6.42. The molecule has 0 aliphatic rings. The number of thioether (sulfide) groups is 1. The summed E-state index contributed by atoms with van der Waals surface area (Å²) in [5.41, 5.74) is 0. The molecule has 0 unspecified atom stereocenters. The van der Waals surface area contributed by atoms with Crippen LogP contribution in [0.15, 0.2) is 33.6 Å². The van der Waals surface area contributed by atoms with Crippen molar-refractivity contribution in [2.75, 3.05) is 6.54 Å². The smallest absolute Gasteiger partial charge is 0.216 e. The summed E-state index contributed by atoms with van der Waals surface area (Å²) < 4.78 is 1.08. The van der Waals surface area contributed by atoms with Crippen LogP contribution in [0.5, 0.6) is 0 Å². The molecule has 1 atom stereocenters. The molecular weight excluding hydrogens is 274 g/mol. The van der Waals surface area contributed by atoms with Gasteiger partial charge in [-0.3, -0.25) is 4.79 Å². The lowest BCUT2D eigenvalue weighted by Crippen LogP contribution is -2.26. The maximum atomic E-state index is 10.7. The van der Waals surface area contributed by atoms with Gasteiger partial charge in [0.05, 0.1) is 0 Å². The van der Waals surface area contributed by atoms with Crippen molar-refractivity contribution in [1.29, 1.82) is 0 Å². The molecule has 1 aromatic rings. The van der Waals surface area contributed by atoms with E-state index in [1.54, 1.807) is 11.8 Å². The van der Waals surface area contributed by atoms with E-state index in [1.807, 2.05) is 12.1 Å². The Balaban J connectivity index is 2.40. The van der Waals surface area contributed by atoms with Crippen molar-refractivity contribution in [3.8, 4) is 0 Å². The normalized spacial score (nSPS) is 12.2. The third kappa shape index (κ3) is 5.23. The van der Waals surface area contributed by atoms with Crippen LogP contribution in [0.4, 0.5) is 0 Å². The Labute approximate surface area is 103 Å². The molecule has 0 spiro atoms. The van der Waals surface area contributed by atoms with Gasteiger partial charge >= 0.3 is 0 Å². The zero-order valence-electron chi connectivity index (χ0n) is 8.79. The van der Waals surface area contributed by atoms with Gasteiger partial charge in [-0.2, -0.15) is 0 Å². The van der Waals surface area contributed by atoms with Crippen LogP contribution in [0.3, 0.4) is 0 Å². The number of rotatable bonds is 4. The van der Waals surface area contributed by atoms with Gasteiger partial charge in [-0.05, 0) is 24.3 Å². The lowest BCUT2D eigenvalue weighted by molar-refractivity contribution is -0.118. The fourth-order valence-corrected chi connectivity index (χ4v) is 2.26. The number of nitrogens with one attached hydrogen (secondary N) is 1. The summed E-state index contributed by atoms with van der Waals surface area (Å²) in [7, 11) is 0. The minimum absolute atomic E-state index is 0.0262. The predicted molar refractivity (Wildman–Crippen MR) is 68.1 cm³/mol. The topological polar surface area (TPSA) is 29.1 Å². The molecule has 2 nitrogen and oxygen atoms in total. The molecule has 1 aromatic carbocycles. The van der Waals surface area contributed by atoms with E-state index in [9.17, 15) is 4.79 Å². The van der Waals surface area contributed by atoms with Crippen molar-refractivity contribution in [3.63, 3.8) is 0 Å². The number of halogens is 1. The highest BCUT2D eigenvalue weighted by atomic mass is 79.9. The minimum Gasteiger partial charge on any atom is -0.355 e. The van der Waals surface area contributed by atoms with Crippen LogP contribution in [-0.2, 0) is 4.79 Å². The summed E-state index contributed by atoms with van der Waals surface area (Å²) in [6.07, 6.45) is 0. The summed E-state index contributed by atoms with van der Waals surface area (Å²) in [5.74, 6) is 0.0262. The second-order valence-electron chi connectivity index (χ2n) is 3.32. The van der Waals surface area contributed by atoms with Crippen LogP contribution >= 0.6 is 27.7 Å². The average Bonchev–Trinajstić information content (AvgIpc) is 2.19. The highest BCUT2D eigenvalue weighted by Crippen LogP contribution is 2.24. The van der Waals surface area contributed by atoms with Gasteiger partial charge in [0.1, 0.15) is 0 Å². The molecule has 0 saturated heterocycles. The summed E-state index contributed by atoms with van der Waals surface area (Å²) in [6, 6.07) is 8.18. The monoisotopic (exact) mass is 287 g/mol. The fourth-order valence-electron chi connectivity index (χ4n) is 1.07. The molecule has 0 saturated carbocycles. The van der Waals surface area contributed by atoms with E-state index in [4.69, 9.17) is 0 Å². The second kappa shape index (κ2) is 6.18. The molecule has 0 aliphatic heterocycles. The molecule has 0 bridgehead atoms. The molecule has 1 N–H and O–H groups in total. The van der Waals surface area contributed by atoms with Crippen molar-refractivity contribution >= 4 is 33.6 Å². The molecule has 0 radical (unpaired) electrons. The lowest BCUT2D eigenvalue weighted by Gasteiger charge is -2.11. The van der Waals surface area contributed by atoms with Crippen LogP contribution in [0.25, 0.3) is 0 Å². The lowest BCUT2D eigenvalue weighted by atomic mass is 10.4. The number of carbonyl (C=O) groups excluding carboxylic acids is 1. The van der Waals surface area contributed by atoms with Crippen molar-refractivity contribution < 1.29 is 4.79 Å². The first-order chi connectivity index (χ1) is 7.08. The van der Waals surface area contributed by atoms with Gasteiger partial charge in [-0.15, -0.1) is 11.8 Å². The Hall–Kier alpha value is -0.480. The van der Waals surface area contributed by atoms with E-state index in [1.165, 1.54) is 11.8 Å². The zero-order valence-corrected chi connectivity index (χ0v) is 11.2. The fraction of sp³-hybridized carbons (Fsp3) is 0.364. The van der Waals surface area contributed by atoms with Gasteiger partial charge in [0.2, 0.25) is 5.91 Å². The van der Waals surface area contributed by atoms with Crippen molar-refractivity contribution in [3.05, 3.63) is 28.7 Å². The maximum absolute atomic E-state index is 10.7. The van der Waals surface area contributed by atoms with Crippen LogP contribution in [0.1, 0.15) is 13.8 Å². The van der Waals surface area contributed by atoms with Crippen LogP contribution < -0.4 is 5.32 Å². The van der Waals surface area contributed by atoms with Crippen molar-refractivity contribution in [2.24, 2.45) is 0 Å². The van der Waals surface area contributed by atoms with Crippen LogP contribution in [-0.4, -0.2) is 17.7 Å². The highest BCUT2D eigenvalue weighted by molar-refractivity contribution is 9.10. The van der Waals surface area contributed by atoms with E-state index in [-0.39, 0.29) is 5.91 Å². The Morgan fingerprint density at radius 1 is 1.47 bits per heavy atom. The molecule has 82 valence electrons. The Bertz CT molecular complexity index is 326. The van der Waals surface area contributed by atoms with Gasteiger partial charge in [-0.25, -0.2) is 0 Å². The number of benzene rings is 1. The third-order valence-corrected chi connectivity index (χ3v) is 3.43. The summed E-state index contributed by atoms with van der Waals surface area (Å²) in [5, 5.41) is 3.19.